The molecule has 2 aromatic heterocycles. The van der Waals surface area contributed by atoms with E-state index in [0.29, 0.717) is 23.9 Å². The Morgan fingerprint density at radius 3 is 2.82 bits per heavy atom. The van der Waals surface area contributed by atoms with Crippen molar-refractivity contribution in [3.63, 3.8) is 0 Å². The van der Waals surface area contributed by atoms with Gasteiger partial charge in [0.15, 0.2) is 0 Å². The largest absolute Gasteiger partial charge is 0.495 e. The molecule has 0 saturated carbocycles. The molecule has 39 heavy (non-hydrogen) atoms. The summed E-state index contributed by atoms with van der Waals surface area (Å²) in [5, 5.41) is 19.6. The Morgan fingerprint density at radius 1 is 1.26 bits per heavy atom. The number of nitrogens with one attached hydrogen (secondary N) is 3. The number of halogens is 3. The van der Waals surface area contributed by atoms with Crippen LogP contribution in [0.4, 0.5) is 18.9 Å². The first-order valence-corrected chi connectivity index (χ1v) is 13.9. The Morgan fingerprint density at radius 2 is 2.10 bits per heavy atom. The van der Waals surface area contributed by atoms with Crippen molar-refractivity contribution in [2.24, 2.45) is 0 Å². The quantitative estimate of drug-likeness (QED) is 0.340. The van der Waals surface area contributed by atoms with Gasteiger partial charge in [-0.1, -0.05) is 6.08 Å². The highest BCUT2D eigenvalue weighted by Gasteiger charge is 2.31. The topological polar surface area (TPSA) is 92.4 Å². The Balaban J connectivity index is 1.44. The highest BCUT2D eigenvalue weighted by Crippen LogP contribution is 2.30. The molecule has 0 bridgehead atoms. The summed E-state index contributed by atoms with van der Waals surface area (Å²) in [6, 6.07) is 7.50. The van der Waals surface area contributed by atoms with E-state index >= 15 is 0 Å². The number of rotatable bonds is 9. The molecule has 1 atom stereocenters. The minimum atomic E-state index is -4.42. The van der Waals surface area contributed by atoms with E-state index < -0.39 is 12.7 Å². The zero-order valence-electron chi connectivity index (χ0n) is 22.1. The van der Waals surface area contributed by atoms with Gasteiger partial charge in [0.05, 0.1) is 25.5 Å². The standard InChI is InChI=1S/C26H32F3N7O2S/c1-35-10-9-23(31-15-35)32-18-5-4-6-20-17(18)12-21(36(20)14-26(27,28)29)25-34-33-24(38-25)13-30-19-8-7-16(39-3)11-22(19)37-2/h6-8,11-12,23,30-32H,4-5,9-10,13-15H2,1-3H3. The lowest BCUT2D eigenvalue weighted by Gasteiger charge is -2.32. The van der Waals surface area contributed by atoms with E-state index in [0.717, 1.165) is 41.1 Å². The van der Waals surface area contributed by atoms with Crippen LogP contribution in [-0.4, -0.2) is 65.6 Å². The minimum absolute atomic E-state index is 0.0420. The number of methoxy groups -OCH3 is 1. The fourth-order valence-electron chi connectivity index (χ4n) is 4.86. The van der Waals surface area contributed by atoms with Crippen LogP contribution in [0.25, 0.3) is 23.4 Å². The number of anilines is 1. The van der Waals surface area contributed by atoms with Crippen LogP contribution in [0.2, 0.25) is 0 Å². The number of ether oxygens (including phenoxy) is 1. The van der Waals surface area contributed by atoms with Crippen LogP contribution in [0.5, 0.6) is 5.75 Å². The van der Waals surface area contributed by atoms with E-state index in [-0.39, 0.29) is 30.2 Å². The average Bonchev–Trinajstić information content (AvgIpc) is 3.53. The molecular weight excluding hydrogens is 531 g/mol. The summed E-state index contributed by atoms with van der Waals surface area (Å²) in [7, 11) is 3.63. The third-order valence-electron chi connectivity index (χ3n) is 6.81. The van der Waals surface area contributed by atoms with Crippen LogP contribution in [-0.2, 0) is 13.1 Å². The molecule has 2 aliphatic rings. The molecule has 13 heteroatoms. The third-order valence-corrected chi connectivity index (χ3v) is 7.54. The van der Waals surface area contributed by atoms with E-state index in [2.05, 4.69) is 31.0 Å². The molecule has 0 spiro atoms. The number of nitrogens with zero attached hydrogens (tertiary/aromatic N) is 4. The lowest BCUT2D eigenvalue weighted by Crippen LogP contribution is -2.53. The molecule has 1 aliphatic heterocycles. The molecule has 1 aromatic carbocycles. The molecule has 1 saturated heterocycles. The third kappa shape index (κ3) is 6.36. The van der Waals surface area contributed by atoms with Gasteiger partial charge in [-0.2, -0.15) is 13.2 Å². The maximum Gasteiger partial charge on any atom is 0.406 e. The van der Waals surface area contributed by atoms with Gasteiger partial charge in [0.2, 0.25) is 5.89 Å². The van der Waals surface area contributed by atoms with Crippen molar-refractivity contribution in [1.82, 2.24) is 30.3 Å². The summed E-state index contributed by atoms with van der Waals surface area (Å²) in [6.45, 7) is 0.720. The molecule has 1 fully saturated rings. The summed E-state index contributed by atoms with van der Waals surface area (Å²) in [4.78, 5) is 3.24. The number of hydrogen-bond donors (Lipinski definition) is 3. The van der Waals surface area contributed by atoms with Gasteiger partial charge in [0.1, 0.15) is 18.0 Å². The second-order valence-electron chi connectivity index (χ2n) is 9.60. The van der Waals surface area contributed by atoms with Crippen LogP contribution in [0.3, 0.4) is 0 Å². The Bertz CT molecular complexity index is 1430. The van der Waals surface area contributed by atoms with Crippen LogP contribution in [0.15, 0.2) is 33.6 Å². The van der Waals surface area contributed by atoms with Gasteiger partial charge in [-0.25, -0.2) is 0 Å². The lowest BCUT2D eigenvalue weighted by atomic mass is 10.1. The molecule has 5 rings (SSSR count). The predicted octanol–water partition coefficient (Wildman–Crippen LogP) is 2.92. The molecule has 3 heterocycles. The van der Waals surface area contributed by atoms with E-state index in [1.54, 1.807) is 24.9 Å². The van der Waals surface area contributed by atoms with Crippen molar-refractivity contribution in [2.45, 2.75) is 49.6 Å². The summed E-state index contributed by atoms with van der Waals surface area (Å²) < 4.78 is 53.6. The fraction of sp³-hybridized carbons (Fsp3) is 0.462. The second kappa shape index (κ2) is 11.5. The summed E-state index contributed by atoms with van der Waals surface area (Å²) in [5.74, 6) is 0.958. The smallest absolute Gasteiger partial charge is 0.406 e. The lowest BCUT2D eigenvalue weighted by molar-refractivity contribution is -0.140. The average molecular weight is 564 g/mol. The summed E-state index contributed by atoms with van der Waals surface area (Å²) in [5.41, 5.74) is 1.90. The van der Waals surface area contributed by atoms with Crippen molar-refractivity contribution in [1.29, 1.82) is 0 Å². The number of alkyl halides is 3. The van der Waals surface area contributed by atoms with Gasteiger partial charge in [-0.15, -0.1) is 22.0 Å². The number of hydrogen-bond acceptors (Lipinski definition) is 9. The van der Waals surface area contributed by atoms with Crippen LogP contribution in [0.1, 0.15) is 25.2 Å². The molecule has 210 valence electrons. The molecule has 0 radical (unpaired) electrons. The van der Waals surface area contributed by atoms with Crippen molar-refractivity contribution < 1.29 is 22.3 Å². The maximum absolute atomic E-state index is 13.7. The minimum Gasteiger partial charge on any atom is -0.495 e. The normalized spacial score (nSPS) is 18.0. The van der Waals surface area contributed by atoms with Crippen LogP contribution in [0, 0.1) is 0 Å². The highest BCUT2D eigenvalue weighted by molar-refractivity contribution is 7.98. The van der Waals surface area contributed by atoms with Crippen molar-refractivity contribution in [2.75, 3.05) is 38.9 Å². The Labute approximate surface area is 228 Å². The van der Waals surface area contributed by atoms with Gasteiger partial charge in [0, 0.05) is 34.4 Å². The fourth-order valence-corrected chi connectivity index (χ4v) is 5.29. The van der Waals surface area contributed by atoms with Crippen molar-refractivity contribution in [3.8, 4) is 17.3 Å². The van der Waals surface area contributed by atoms with Crippen LogP contribution < -0.4 is 31.3 Å². The summed E-state index contributed by atoms with van der Waals surface area (Å²) >= 11 is 1.60. The SMILES string of the molecule is COc1cc(SC)ccc1NCc1nnc(-c2cc3c(n2CC(F)(F)F)=CCCC=3NC2CCN(C)CN2)o1. The monoisotopic (exact) mass is 563 g/mol. The van der Waals surface area contributed by atoms with E-state index in [1.165, 1.54) is 4.57 Å². The molecule has 1 aliphatic carbocycles. The van der Waals surface area contributed by atoms with E-state index in [1.807, 2.05) is 37.6 Å². The number of fused-ring (bicyclic) bond motifs is 1. The van der Waals surface area contributed by atoms with Crippen molar-refractivity contribution >= 4 is 29.2 Å². The number of aromatic nitrogens is 3. The number of thioether (sulfide) groups is 1. The van der Waals surface area contributed by atoms with Gasteiger partial charge >= 0.3 is 6.18 Å². The predicted molar refractivity (Wildman–Crippen MR) is 144 cm³/mol. The van der Waals surface area contributed by atoms with E-state index in [4.69, 9.17) is 9.15 Å². The second-order valence-corrected chi connectivity index (χ2v) is 10.5. The first kappa shape index (κ1) is 27.4. The van der Waals surface area contributed by atoms with Crippen molar-refractivity contribution in [3.05, 3.63) is 40.7 Å². The summed E-state index contributed by atoms with van der Waals surface area (Å²) in [6.07, 6.45) is 1.71. The maximum atomic E-state index is 13.7. The molecule has 1 unspecified atom stereocenters. The van der Waals surface area contributed by atoms with Gasteiger partial charge < -0.3 is 24.4 Å². The highest BCUT2D eigenvalue weighted by atomic mass is 32.2. The Kier molecular flexibility index (Phi) is 8.10. The van der Waals surface area contributed by atoms with Crippen LogP contribution >= 0.6 is 11.8 Å². The first-order valence-electron chi connectivity index (χ1n) is 12.7. The molecule has 0 amide bonds. The molecule has 9 nitrogen and oxygen atoms in total. The molecule has 3 N–H and O–H groups in total. The zero-order chi connectivity index (χ0) is 27.6. The van der Waals surface area contributed by atoms with E-state index in [9.17, 15) is 13.2 Å². The zero-order valence-corrected chi connectivity index (χ0v) is 22.9. The van der Waals surface area contributed by atoms with Gasteiger partial charge in [0.25, 0.3) is 5.89 Å². The number of benzene rings is 1. The molecular formula is C26H32F3N7O2S. The molecule has 3 aromatic rings. The Hall–Kier alpha value is -3.16. The van der Waals surface area contributed by atoms with Gasteiger partial charge in [-0.3, -0.25) is 10.2 Å². The first-order chi connectivity index (χ1) is 18.7. The van der Waals surface area contributed by atoms with Gasteiger partial charge in [-0.05, 0) is 56.8 Å².